The second-order valence-corrected chi connectivity index (χ2v) is 2.96. The molecule has 5 heteroatoms. The maximum absolute atomic E-state index is 11.1. The zero-order valence-electron chi connectivity index (χ0n) is 8.58. The monoisotopic (exact) mass is 203 g/mol. The number of carbonyl (C=O) groups excluding carboxylic acids is 2. The summed E-state index contributed by atoms with van der Waals surface area (Å²) >= 11 is 0. The van der Waals surface area contributed by atoms with Gasteiger partial charge in [0.25, 0.3) is 0 Å². The van der Waals surface area contributed by atoms with Crippen molar-refractivity contribution in [1.29, 1.82) is 0 Å². The molecule has 0 saturated heterocycles. The minimum absolute atomic E-state index is 0.0812. The highest BCUT2D eigenvalue weighted by atomic mass is 16.5. The largest absolute Gasteiger partial charge is 0.466 e. The highest BCUT2D eigenvalue weighted by Gasteiger charge is 2.09. The zero-order valence-corrected chi connectivity index (χ0v) is 8.58. The van der Waals surface area contributed by atoms with Crippen molar-refractivity contribution in [2.45, 2.75) is 32.7 Å². The summed E-state index contributed by atoms with van der Waals surface area (Å²) in [5.41, 5.74) is 0. The van der Waals surface area contributed by atoms with Crippen LogP contribution in [0.25, 0.3) is 0 Å². The van der Waals surface area contributed by atoms with E-state index in [1.807, 2.05) is 0 Å². The van der Waals surface area contributed by atoms with Gasteiger partial charge in [-0.25, -0.2) is 0 Å². The highest BCUT2D eigenvalue weighted by Crippen LogP contribution is 1.93. The molecule has 82 valence electrons. The van der Waals surface area contributed by atoms with Gasteiger partial charge in [0.1, 0.15) is 0 Å². The average molecular weight is 203 g/mol. The van der Waals surface area contributed by atoms with Gasteiger partial charge in [-0.05, 0) is 13.8 Å². The van der Waals surface area contributed by atoms with Gasteiger partial charge in [-0.3, -0.25) is 9.59 Å². The molecule has 0 saturated carbocycles. The number of carbonyl (C=O) groups is 2. The molecule has 0 radical (unpaired) electrons. The smallest absolute Gasteiger partial charge is 0.306 e. The summed E-state index contributed by atoms with van der Waals surface area (Å²) in [6.07, 6.45) is 0.182. The van der Waals surface area contributed by atoms with E-state index in [2.05, 4.69) is 10.1 Å². The number of rotatable bonds is 6. The van der Waals surface area contributed by atoms with E-state index in [1.165, 1.54) is 0 Å². The van der Waals surface area contributed by atoms with Crippen LogP contribution in [0.1, 0.15) is 26.7 Å². The van der Waals surface area contributed by atoms with Crippen molar-refractivity contribution in [3.63, 3.8) is 0 Å². The SMILES string of the molecule is CCOC(=O)CCC(=O)N[C@H](C)CO. The van der Waals surface area contributed by atoms with Crippen LogP contribution in [0.5, 0.6) is 0 Å². The van der Waals surface area contributed by atoms with Gasteiger partial charge in [-0.15, -0.1) is 0 Å². The molecule has 0 aliphatic rings. The van der Waals surface area contributed by atoms with Crippen LogP contribution < -0.4 is 5.32 Å². The van der Waals surface area contributed by atoms with Crippen LogP contribution in [0.4, 0.5) is 0 Å². The molecular weight excluding hydrogens is 186 g/mol. The molecule has 0 spiro atoms. The molecule has 0 aliphatic heterocycles. The summed E-state index contributed by atoms with van der Waals surface area (Å²) < 4.78 is 4.66. The lowest BCUT2D eigenvalue weighted by Gasteiger charge is -2.09. The molecule has 2 N–H and O–H groups in total. The van der Waals surface area contributed by atoms with Crippen molar-refractivity contribution < 1.29 is 19.4 Å². The molecule has 0 aliphatic carbocycles. The van der Waals surface area contributed by atoms with Crippen LogP contribution in [0.3, 0.4) is 0 Å². The molecule has 0 rings (SSSR count). The number of ether oxygens (including phenoxy) is 1. The number of amides is 1. The quantitative estimate of drug-likeness (QED) is 0.587. The van der Waals surface area contributed by atoms with Gasteiger partial charge in [0.2, 0.25) is 5.91 Å². The maximum Gasteiger partial charge on any atom is 0.306 e. The van der Waals surface area contributed by atoms with Gasteiger partial charge < -0.3 is 15.2 Å². The number of aliphatic hydroxyl groups excluding tert-OH is 1. The number of esters is 1. The predicted octanol–water partition coefficient (Wildman–Crippen LogP) is -0.173. The number of aliphatic hydroxyl groups is 1. The fraction of sp³-hybridized carbons (Fsp3) is 0.778. The summed E-state index contributed by atoms with van der Waals surface area (Å²) in [6.45, 7) is 3.62. The third-order valence-corrected chi connectivity index (χ3v) is 1.54. The molecular formula is C9H17NO4. The molecule has 0 bridgehead atoms. The Morgan fingerprint density at radius 3 is 2.57 bits per heavy atom. The normalized spacial score (nSPS) is 11.9. The van der Waals surface area contributed by atoms with Gasteiger partial charge in [0.15, 0.2) is 0 Å². The first-order valence-corrected chi connectivity index (χ1v) is 4.66. The van der Waals surface area contributed by atoms with Gasteiger partial charge >= 0.3 is 5.97 Å². The molecule has 0 fully saturated rings. The van der Waals surface area contributed by atoms with E-state index in [9.17, 15) is 9.59 Å². The zero-order chi connectivity index (χ0) is 11.0. The Kier molecular flexibility index (Phi) is 6.74. The summed E-state index contributed by atoms with van der Waals surface area (Å²) in [6, 6.07) is -0.273. The highest BCUT2D eigenvalue weighted by molar-refractivity contribution is 5.81. The molecule has 0 heterocycles. The van der Waals surface area contributed by atoms with E-state index in [0.717, 1.165) is 0 Å². The number of nitrogens with one attached hydrogen (secondary N) is 1. The van der Waals surface area contributed by atoms with E-state index >= 15 is 0 Å². The van der Waals surface area contributed by atoms with Gasteiger partial charge in [-0.2, -0.15) is 0 Å². The minimum Gasteiger partial charge on any atom is -0.466 e. The molecule has 5 nitrogen and oxygen atoms in total. The molecule has 0 unspecified atom stereocenters. The van der Waals surface area contributed by atoms with Crippen LogP contribution >= 0.6 is 0 Å². The standard InChI is InChI=1S/C9H17NO4/c1-3-14-9(13)5-4-8(12)10-7(2)6-11/h7,11H,3-6H2,1-2H3,(H,10,12)/t7-/m1/s1. The number of hydrogen-bond donors (Lipinski definition) is 2. The first-order valence-electron chi connectivity index (χ1n) is 4.66. The van der Waals surface area contributed by atoms with Crippen molar-refractivity contribution in [2.75, 3.05) is 13.2 Å². The Balaban J connectivity index is 3.58. The topological polar surface area (TPSA) is 75.6 Å². The van der Waals surface area contributed by atoms with Gasteiger partial charge in [0, 0.05) is 12.5 Å². The lowest BCUT2D eigenvalue weighted by molar-refractivity contribution is -0.144. The minimum atomic E-state index is -0.376. The van der Waals surface area contributed by atoms with Crippen molar-refractivity contribution >= 4 is 11.9 Å². The molecule has 1 amide bonds. The van der Waals surface area contributed by atoms with Crippen LogP contribution in [-0.2, 0) is 14.3 Å². The molecule has 0 aromatic carbocycles. The van der Waals surface area contributed by atoms with Gasteiger partial charge in [-0.1, -0.05) is 0 Å². The van der Waals surface area contributed by atoms with Crippen molar-refractivity contribution in [3.8, 4) is 0 Å². The Morgan fingerprint density at radius 2 is 2.07 bits per heavy atom. The summed E-state index contributed by atoms with van der Waals surface area (Å²) in [5.74, 6) is -0.626. The van der Waals surface area contributed by atoms with Crippen molar-refractivity contribution in [1.82, 2.24) is 5.32 Å². The van der Waals surface area contributed by atoms with Crippen LogP contribution in [-0.4, -0.2) is 36.2 Å². The Hall–Kier alpha value is -1.10. The summed E-state index contributed by atoms with van der Waals surface area (Å²) in [7, 11) is 0. The molecule has 0 aromatic rings. The third-order valence-electron chi connectivity index (χ3n) is 1.54. The van der Waals surface area contributed by atoms with Crippen molar-refractivity contribution in [2.24, 2.45) is 0 Å². The van der Waals surface area contributed by atoms with E-state index in [4.69, 9.17) is 5.11 Å². The second-order valence-electron chi connectivity index (χ2n) is 2.96. The Labute approximate surface area is 83.4 Å². The second kappa shape index (κ2) is 7.32. The molecule has 0 aromatic heterocycles. The summed E-state index contributed by atoms with van der Waals surface area (Å²) in [4.78, 5) is 21.9. The predicted molar refractivity (Wildman–Crippen MR) is 50.6 cm³/mol. The average Bonchev–Trinajstić information content (AvgIpc) is 2.15. The van der Waals surface area contributed by atoms with Gasteiger partial charge in [0.05, 0.1) is 19.6 Å². The first-order chi connectivity index (χ1) is 6.60. The maximum atomic E-state index is 11.1. The third kappa shape index (κ3) is 6.42. The lowest BCUT2D eigenvalue weighted by atomic mass is 10.2. The van der Waals surface area contributed by atoms with E-state index in [-0.39, 0.29) is 37.4 Å². The Morgan fingerprint density at radius 1 is 1.43 bits per heavy atom. The van der Waals surface area contributed by atoms with E-state index < -0.39 is 0 Å². The summed E-state index contributed by atoms with van der Waals surface area (Å²) in [5, 5.41) is 11.2. The van der Waals surface area contributed by atoms with Crippen LogP contribution in [0, 0.1) is 0 Å². The Bertz CT molecular complexity index is 193. The lowest BCUT2D eigenvalue weighted by Crippen LogP contribution is -2.35. The van der Waals surface area contributed by atoms with E-state index in [0.29, 0.717) is 6.61 Å². The van der Waals surface area contributed by atoms with Crippen LogP contribution in [0.15, 0.2) is 0 Å². The van der Waals surface area contributed by atoms with Crippen molar-refractivity contribution in [3.05, 3.63) is 0 Å². The molecule has 1 atom stereocenters. The molecule has 14 heavy (non-hydrogen) atoms. The fourth-order valence-electron chi connectivity index (χ4n) is 0.841. The number of hydrogen-bond acceptors (Lipinski definition) is 4. The van der Waals surface area contributed by atoms with E-state index in [1.54, 1.807) is 13.8 Å². The first kappa shape index (κ1) is 12.9. The fourth-order valence-corrected chi connectivity index (χ4v) is 0.841. The van der Waals surface area contributed by atoms with Crippen LogP contribution in [0.2, 0.25) is 0 Å².